The van der Waals surface area contributed by atoms with E-state index in [0.717, 1.165) is 17.8 Å². The first-order valence-electron chi connectivity index (χ1n) is 11.8. The average Bonchev–Trinajstić information content (AvgIpc) is 2.93. The van der Waals surface area contributed by atoms with E-state index in [2.05, 4.69) is 32.5 Å². The van der Waals surface area contributed by atoms with Crippen LogP contribution >= 0.6 is 0 Å². The number of aliphatic hydroxyl groups is 1. The van der Waals surface area contributed by atoms with Crippen molar-refractivity contribution in [2.24, 2.45) is 0 Å². The van der Waals surface area contributed by atoms with Crippen LogP contribution in [-0.2, 0) is 15.1 Å². The van der Waals surface area contributed by atoms with Crippen LogP contribution in [0.3, 0.4) is 0 Å². The number of benzene rings is 3. The molecule has 1 aliphatic rings. The van der Waals surface area contributed by atoms with Crippen LogP contribution in [0.5, 0.6) is 0 Å². The lowest BCUT2D eigenvalue weighted by Gasteiger charge is -2.36. The fourth-order valence-electron chi connectivity index (χ4n) is 4.38. The molecule has 0 aliphatic carbocycles. The second-order valence-corrected chi connectivity index (χ2v) is 8.71. The van der Waals surface area contributed by atoms with Gasteiger partial charge in [0.25, 0.3) is 0 Å². The van der Waals surface area contributed by atoms with Crippen LogP contribution in [0.15, 0.2) is 79.5 Å². The summed E-state index contributed by atoms with van der Waals surface area (Å²) in [7, 11) is 0. The van der Waals surface area contributed by atoms with Crippen LogP contribution in [0, 0.1) is 5.82 Å². The van der Waals surface area contributed by atoms with Gasteiger partial charge in [0.2, 0.25) is 11.9 Å². The van der Waals surface area contributed by atoms with Crippen molar-refractivity contribution in [1.29, 1.82) is 0 Å². The highest BCUT2D eigenvalue weighted by Crippen LogP contribution is 2.33. The lowest BCUT2D eigenvalue weighted by molar-refractivity contribution is -0.111. The molecule has 9 heteroatoms. The van der Waals surface area contributed by atoms with E-state index in [9.17, 15) is 9.90 Å². The summed E-state index contributed by atoms with van der Waals surface area (Å²) >= 11 is 0. The molecule has 4 aromatic rings. The van der Waals surface area contributed by atoms with Gasteiger partial charge < -0.3 is 25.8 Å². The Bertz CT molecular complexity index is 1450. The van der Waals surface area contributed by atoms with Gasteiger partial charge in [0.15, 0.2) is 0 Å². The SMILES string of the molecule is C=CC(=O)Nc1cccc(-c2c(F)ccc3cnc(Nc4ccc(C5(CO)CNCCO5)cc4)nc23)c1. The minimum Gasteiger partial charge on any atom is -0.393 e. The zero-order valence-corrected chi connectivity index (χ0v) is 20.0. The standard InChI is InChI=1S/C28H26FN5O3/c1-2-24(36)32-22-5-3-4-18(14-22)25-23(29)11-6-19-15-31-27(34-26(19)25)33-21-9-7-20(8-10-21)28(17-35)16-30-12-13-37-28/h2-11,14-15,30,35H,1,12-13,16-17H2,(H,32,36)(H,31,33,34). The quantitative estimate of drug-likeness (QED) is 0.284. The van der Waals surface area contributed by atoms with E-state index in [0.29, 0.717) is 46.8 Å². The molecular formula is C28H26FN5O3. The van der Waals surface area contributed by atoms with E-state index in [4.69, 9.17) is 4.74 Å². The number of amides is 1. The summed E-state index contributed by atoms with van der Waals surface area (Å²) in [5.41, 5.74) is 2.63. The first kappa shape index (κ1) is 24.5. The van der Waals surface area contributed by atoms with Crippen molar-refractivity contribution in [3.63, 3.8) is 0 Å². The molecule has 1 unspecified atom stereocenters. The molecule has 8 nitrogen and oxygen atoms in total. The van der Waals surface area contributed by atoms with Crippen molar-refractivity contribution in [2.75, 3.05) is 36.9 Å². The van der Waals surface area contributed by atoms with Gasteiger partial charge in [-0.1, -0.05) is 30.8 Å². The van der Waals surface area contributed by atoms with E-state index >= 15 is 4.39 Å². The molecule has 0 bridgehead atoms. The Kier molecular flexibility index (Phi) is 6.91. The van der Waals surface area contributed by atoms with Gasteiger partial charge in [-0.3, -0.25) is 4.79 Å². The maximum absolute atomic E-state index is 15.1. The van der Waals surface area contributed by atoms with Crippen LogP contribution in [0.1, 0.15) is 5.56 Å². The molecule has 1 fully saturated rings. The van der Waals surface area contributed by atoms with Gasteiger partial charge in [-0.25, -0.2) is 14.4 Å². The summed E-state index contributed by atoms with van der Waals surface area (Å²) in [4.78, 5) is 20.7. The third kappa shape index (κ3) is 5.05. The van der Waals surface area contributed by atoms with Gasteiger partial charge >= 0.3 is 0 Å². The third-order valence-corrected chi connectivity index (χ3v) is 6.30. The van der Waals surface area contributed by atoms with Gasteiger partial charge in [0.1, 0.15) is 11.4 Å². The normalized spacial score (nSPS) is 17.4. The number of fused-ring (bicyclic) bond motifs is 1. The third-order valence-electron chi connectivity index (χ3n) is 6.30. The highest BCUT2D eigenvalue weighted by molar-refractivity contribution is 6.00. The number of rotatable bonds is 7. The Morgan fingerprint density at radius 2 is 2.03 bits per heavy atom. The summed E-state index contributed by atoms with van der Waals surface area (Å²) < 4.78 is 21.0. The van der Waals surface area contributed by atoms with Gasteiger partial charge in [-0.05, 0) is 53.6 Å². The number of hydrogen-bond donors (Lipinski definition) is 4. The van der Waals surface area contributed by atoms with Gasteiger partial charge in [-0.15, -0.1) is 0 Å². The van der Waals surface area contributed by atoms with Gasteiger partial charge in [0.05, 0.1) is 18.7 Å². The highest BCUT2D eigenvalue weighted by atomic mass is 19.1. The molecule has 0 saturated carbocycles. The molecule has 4 N–H and O–H groups in total. The van der Waals surface area contributed by atoms with Crippen molar-refractivity contribution in [2.45, 2.75) is 5.60 Å². The maximum Gasteiger partial charge on any atom is 0.247 e. The van der Waals surface area contributed by atoms with Crippen LogP contribution in [0.2, 0.25) is 0 Å². The summed E-state index contributed by atoms with van der Waals surface area (Å²) in [5.74, 6) is -0.494. The summed E-state index contributed by atoms with van der Waals surface area (Å²) in [5, 5.41) is 19.8. The number of aromatic nitrogens is 2. The fourth-order valence-corrected chi connectivity index (χ4v) is 4.38. The summed E-state index contributed by atoms with van der Waals surface area (Å²) in [6.07, 6.45) is 2.80. The molecule has 1 aromatic heterocycles. The highest BCUT2D eigenvalue weighted by Gasteiger charge is 2.34. The molecule has 2 heterocycles. The van der Waals surface area contributed by atoms with E-state index in [-0.39, 0.29) is 12.5 Å². The second kappa shape index (κ2) is 10.4. The molecule has 0 radical (unpaired) electrons. The number of ether oxygens (including phenoxy) is 1. The molecule has 3 aromatic carbocycles. The number of morpholine rings is 1. The second-order valence-electron chi connectivity index (χ2n) is 8.71. The lowest BCUT2D eigenvalue weighted by Crippen LogP contribution is -2.49. The Morgan fingerprint density at radius 3 is 2.76 bits per heavy atom. The van der Waals surface area contributed by atoms with Crippen molar-refractivity contribution < 1.29 is 19.0 Å². The molecule has 5 rings (SSSR count). The molecule has 1 amide bonds. The first-order valence-corrected chi connectivity index (χ1v) is 11.8. The van der Waals surface area contributed by atoms with Crippen LogP contribution in [0.25, 0.3) is 22.0 Å². The first-order chi connectivity index (χ1) is 18.0. The Labute approximate surface area is 213 Å². The number of aliphatic hydroxyl groups excluding tert-OH is 1. The summed E-state index contributed by atoms with van der Waals surface area (Å²) in [6, 6.07) is 17.4. The minimum absolute atomic E-state index is 0.132. The van der Waals surface area contributed by atoms with Crippen molar-refractivity contribution in [3.05, 3.63) is 90.9 Å². The predicted octanol–water partition coefficient (Wildman–Crippen LogP) is 4.11. The van der Waals surface area contributed by atoms with E-state index in [1.54, 1.807) is 36.5 Å². The van der Waals surface area contributed by atoms with Crippen LogP contribution in [0.4, 0.5) is 21.7 Å². The number of carbonyl (C=O) groups excluding carboxylic acids is 1. The van der Waals surface area contributed by atoms with Crippen LogP contribution in [-0.4, -0.2) is 47.3 Å². The van der Waals surface area contributed by atoms with Crippen molar-refractivity contribution in [1.82, 2.24) is 15.3 Å². The van der Waals surface area contributed by atoms with E-state index in [1.165, 1.54) is 12.1 Å². The Balaban J connectivity index is 1.46. The Morgan fingerprint density at radius 1 is 1.19 bits per heavy atom. The zero-order valence-electron chi connectivity index (χ0n) is 20.0. The monoisotopic (exact) mass is 499 g/mol. The predicted molar refractivity (Wildman–Crippen MR) is 141 cm³/mol. The maximum atomic E-state index is 15.1. The number of anilines is 3. The zero-order chi connectivity index (χ0) is 25.8. The van der Waals surface area contributed by atoms with E-state index < -0.39 is 11.4 Å². The number of nitrogens with zero attached hydrogens (tertiary/aromatic N) is 2. The molecular weight excluding hydrogens is 473 g/mol. The molecule has 1 saturated heterocycles. The number of hydrogen-bond acceptors (Lipinski definition) is 7. The smallest absolute Gasteiger partial charge is 0.247 e. The lowest BCUT2D eigenvalue weighted by atomic mass is 9.93. The molecule has 188 valence electrons. The molecule has 1 aliphatic heterocycles. The number of halogens is 1. The van der Waals surface area contributed by atoms with Crippen molar-refractivity contribution >= 4 is 34.1 Å². The topological polar surface area (TPSA) is 108 Å². The van der Waals surface area contributed by atoms with Crippen molar-refractivity contribution in [3.8, 4) is 11.1 Å². The largest absolute Gasteiger partial charge is 0.393 e. The number of carbonyl (C=O) groups is 1. The average molecular weight is 500 g/mol. The van der Waals surface area contributed by atoms with E-state index in [1.807, 2.05) is 24.3 Å². The minimum atomic E-state index is -0.775. The number of nitrogens with one attached hydrogen (secondary N) is 3. The van der Waals surface area contributed by atoms with Gasteiger partial charge in [0, 0.05) is 41.6 Å². The van der Waals surface area contributed by atoms with Crippen LogP contribution < -0.4 is 16.0 Å². The fraction of sp³-hybridized carbons (Fsp3) is 0.179. The molecule has 1 atom stereocenters. The van der Waals surface area contributed by atoms with Gasteiger partial charge in [-0.2, -0.15) is 0 Å². The Hall–Kier alpha value is -4.18. The molecule has 37 heavy (non-hydrogen) atoms. The molecule has 0 spiro atoms. The summed E-state index contributed by atoms with van der Waals surface area (Å²) in [6.45, 7) is 5.12.